The number of halogens is 1. The first-order valence-electron chi connectivity index (χ1n) is 6.98. The summed E-state index contributed by atoms with van der Waals surface area (Å²) in [5.74, 6) is 0.262. The van der Waals surface area contributed by atoms with Crippen molar-refractivity contribution in [2.75, 3.05) is 33.4 Å². The molecule has 0 amide bonds. The van der Waals surface area contributed by atoms with Gasteiger partial charge in [-0.1, -0.05) is 0 Å². The largest absolute Gasteiger partial charge is 0.491 e. The lowest BCUT2D eigenvalue weighted by Gasteiger charge is -2.13. The first kappa shape index (κ1) is 16.9. The number of methoxy groups -OCH3 is 1. The summed E-state index contributed by atoms with van der Waals surface area (Å²) in [7, 11) is 1.70. The lowest BCUT2D eigenvalue weighted by Crippen LogP contribution is -2.32. The van der Waals surface area contributed by atoms with Gasteiger partial charge in [0.25, 0.3) is 0 Å². The van der Waals surface area contributed by atoms with E-state index in [1.165, 1.54) is 12.1 Å². The van der Waals surface area contributed by atoms with Gasteiger partial charge in [-0.2, -0.15) is 0 Å². The molecule has 1 aromatic carbocycles. The lowest BCUT2D eigenvalue weighted by atomic mass is 10.2. The van der Waals surface area contributed by atoms with Gasteiger partial charge in [0, 0.05) is 20.3 Å². The third-order valence-corrected chi connectivity index (χ3v) is 2.84. The highest BCUT2D eigenvalue weighted by Gasteiger charge is 2.04. The fraction of sp³-hybridized carbons (Fsp3) is 0.600. The number of hydrogen-bond acceptors (Lipinski definition) is 4. The van der Waals surface area contributed by atoms with E-state index in [0.29, 0.717) is 12.3 Å². The van der Waals surface area contributed by atoms with Crippen molar-refractivity contribution < 1.29 is 19.0 Å². The Balaban J connectivity index is 2.00. The van der Waals surface area contributed by atoms with E-state index in [0.717, 1.165) is 32.4 Å². The van der Waals surface area contributed by atoms with Crippen LogP contribution in [-0.4, -0.2) is 44.6 Å². The molecule has 1 atom stereocenters. The zero-order valence-electron chi connectivity index (χ0n) is 12.0. The van der Waals surface area contributed by atoms with Gasteiger partial charge in [0.2, 0.25) is 0 Å². The number of aliphatic hydroxyl groups excluding tert-OH is 1. The number of unbranched alkanes of at least 4 members (excludes halogenated alkanes) is 2. The lowest BCUT2D eigenvalue weighted by molar-refractivity contribution is 0.106. The van der Waals surface area contributed by atoms with E-state index in [-0.39, 0.29) is 12.4 Å². The Morgan fingerprint density at radius 2 is 1.95 bits per heavy atom. The molecular formula is C15H24FNO3. The number of benzene rings is 1. The Bertz CT molecular complexity index is 345. The van der Waals surface area contributed by atoms with Gasteiger partial charge in [-0.3, -0.25) is 0 Å². The molecule has 0 bridgehead atoms. The molecular weight excluding hydrogens is 261 g/mol. The Kier molecular flexibility index (Phi) is 8.95. The molecule has 0 saturated heterocycles. The molecule has 0 saturated carbocycles. The summed E-state index contributed by atoms with van der Waals surface area (Å²) in [5, 5.41) is 12.9. The molecule has 0 aromatic heterocycles. The van der Waals surface area contributed by atoms with Gasteiger partial charge in [0.1, 0.15) is 24.3 Å². The van der Waals surface area contributed by atoms with Gasteiger partial charge in [-0.15, -0.1) is 0 Å². The monoisotopic (exact) mass is 285 g/mol. The molecule has 1 aromatic rings. The van der Waals surface area contributed by atoms with Crippen molar-refractivity contribution >= 4 is 0 Å². The predicted octanol–water partition coefficient (Wildman–Crippen LogP) is 1.97. The minimum atomic E-state index is -0.570. The van der Waals surface area contributed by atoms with Crippen LogP contribution >= 0.6 is 0 Å². The van der Waals surface area contributed by atoms with E-state index < -0.39 is 6.10 Å². The maximum absolute atomic E-state index is 12.7. The molecule has 2 N–H and O–H groups in total. The van der Waals surface area contributed by atoms with E-state index >= 15 is 0 Å². The minimum Gasteiger partial charge on any atom is -0.491 e. The predicted molar refractivity (Wildman–Crippen MR) is 76.5 cm³/mol. The van der Waals surface area contributed by atoms with Crippen molar-refractivity contribution in [3.63, 3.8) is 0 Å². The van der Waals surface area contributed by atoms with Crippen molar-refractivity contribution in [3.8, 4) is 5.75 Å². The van der Waals surface area contributed by atoms with E-state index in [1.54, 1.807) is 19.2 Å². The van der Waals surface area contributed by atoms with Gasteiger partial charge >= 0.3 is 0 Å². The summed E-state index contributed by atoms with van der Waals surface area (Å²) in [5.41, 5.74) is 0. The van der Waals surface area contributed by atoms with Gasteiger partial charge in [-0.25, -0.2) is 4.39 Å². The fourth-order valence-electron chi connectivity index (χ4n) is 1.72. The second-order valence-electron chi connectivity index (χ2n) is 4.68. The number of hydrogen-bond donors (Lipinski definition) is 2. The van der Waals surface area contributed by atoms with Crippen LogP contribution in [-0.2, 0) is 4.74 Å². The molecule has 0 fully saturated rings. The highest BCUT2D eigenvalue weighted by molar-refractivity contribution is 5.22. The molecule has 4 nitrogen and oxygen atoms in total. The van der Waals surface area contributed by atoms with Crippen LogP contribution in [0.3, 0.4) is 0 Å². The van der Waals surface area contributed by atoms with Gasteiger partial charge in [-0.05, 0) is 50.1 Å². The molecule has 0 aliphatic carbocycles. The molecule has 1 rings (SSSR count). The summed E-state index contributed by atoms with van der Waals surface area (Å²) < 4.78 is 23.0. The molecule has 0 aliphatic heterocycles. The van der Waals surface area contributed by atoms with Crippen LogP contribution in [0.5, 0.6) is 5.75 Å². The average Bonchev–Trinajstić information content (AvgIpc) is 2.46. The molecule has 0 radical (unpaired) electrons. The van der Waals surface area contributed by atoms with Crippen LogP contribution in [0, 0.1) is 5.82 Å². The first-order chi connectivity index (χ1) is 9.72. The average molecular weight is 285 g/mol. The van der Waals surface area contributed by atoms with E-state index in [4.69, 9.17) is 9.47 Å². The van der Waals surface area contributed by atoms with E-state index in [2.05, 4.69) is 5.32 Å². The van der Waals surface area contributed by atoms with Crippen molar-refractivity contribution in [3.05, 3.63) is 30.1 Å². The van der Waals surface area contributed by atoms with Crippen LogP contribution in [0.2, 0.25) is 0 Å². The quantitative estimate of drug-likeness (QED) is 0.610. The topological polar surface area (TPSA) is 50.7 Å². The Hall–Kier alpha value is -1.17. The SMILES string of the molecule is COCCCCCNCC(O)COc1ccc(F)cc1. The summed E-state index contributed by atoms with van der Waals surface area (Å²) in [4.78, 5) is 0. The second-order valence-corrected chi connectivity index (χ2v) is 4.68. The van der Waals surface area contributed by atoms with Crippen molar-refractivity contribution in [1.29, 1.82) is 0 Å². The zero-order valence-corrected chi connectivity index (χ0v) is 12.0. The molecule has 0 heterocycles. The van der Waals surface area contributed by atoms with Gasteiger partial charge in [0.05, 0.1) is 0 Å². The van der Waals surface area contributed by atoms with E-state index in [1.807, 2.05) is 0 Å². The van der Waals surface area contributed by atoms with E-state index in [9.17, 15) is 9.50 Å². The Morgan fingerprint density at radius 3 is 2.65 bits per heavy atom. The summed E-state index contributed by atoms with van der Waals surface area (Å²) >= 11 is 0. The number of aliphatic hydroxyl groups is 1. The smallest absolute Gasteiger partial charge is 0.123 e. The third kappa shape index (κ3) is 8.09. The molecule has 5 heteroatoms. The molecule has 0 aliphatic rings. The third-order valence-electron chi connectivity index (χ3n) is 2.84. The molecule has 0 spiro atoms. The molecule has 1 unspecified atom stereocenters. The first-order valence-corrected chi connectivity index (χ1v) is 6.98. The number of ether oxygens (including phenoxy) is 2. The summed E-state index contributed by atoms with van der Waals surface area (Å²) in [6, 6.07) is 5.76. The van der Waals surface area contributed by atoms with Crippen molar-refractivity contribution in [2.24, 2.45) is 0 Å². The summed E-state index contributed by atoms with van der Waals surface area (Å²) in [6.07, 6.45) is 2.67. The number of rotatable bonds is 11. The van der Waals surface area contributed by atoms with Gasteiger partial charge < -0.3 is 19.9 Å². The van der Waals surface area contributed by atoms with Gasteiger partial charge in [0.15, 0.2) is 0 Å². The maximum Gasteiger partial charge on any atom is 0.123 e. The normalized spacial score (nSPS) is 12.3. The van der Waals surface area contributed by atoms with Crippen LogP contribution in [0.15, 0.2) is 24.3 Å². The highest BCUT2D eigenvalue weighted by Crippen LogP contribution is 2.11. The number of nitrogens with one attached hydrogen (secondary N) is 1. The Labute approximate surface area is 119 Å². The van der Waals surface area contributed by atoms with Crippen LogP contribution in [0.1, 0.15) is 19.3 Å². The fourth-order valence-corrected chi connectivity index (χ4v) is 1.72. The Morgan fingerprint density at radius 1 is 1.20 bits per heavy atom. The summed E-state index contributed by atoms with van der Waals surface area (Å²) in [6.45, 7) is 2.36. The standard InChI is InChI=1S/C15H24FNO3/c1-19-10-4-2-3-9-17-11-14(18)12-20-15-7-5-13(16)6-8-15/h5-8,14,17-18H,2-4,9-12H2,1H3. The maximum atomic E-state index is 12.7. The minimum absolute atomic E-state index is 0.197. The van der Waals surface area contributed by atoms with Crippen LogP contribution in [0.25, 0.3) is 0 Å². The molecule has 114 valence electrons. The second kappa shape index (κ2) is 10.6. The highest BCUT2D eigenvalue weighted by atomic mass is 19.1. The zero-order chi connectivity index (χ0) is 14.6. The van der Waals surface area contributed by atoms with Crippen molar-refractivity contribution in [1.82, 2.24) is 5.32 Å². The molecule has 20 heavy (non-hydrogen) atoms. The van der Waals surface area contributed by atoms with Crippen molar-refractivity contribution in [2.45, 2.75) is 25.4 Å². The van der Waals surface area contributed by atoms with Crippen LogP contribution in [0.4, 0.5) is 4.39 Å². The van der Waals surface area contributed by atoms with Crippen LogP contribution < -0.4 is 10.1 Å².